The first-order valence-corrected chi connectivity index (χ1v) is 5.94. The lowest BCUT2D eigenvalue weighted by Gasteiger charge is -2.54. The molecule has 18 heavy (non-hydrogen) atoms. The maximum absolute atomic E-state index is 11.2. The van der Waals surface area contributed by atoms with Gasteiger partial charge in [-0.2, -0.15) is 0 Å². The molecule has 3 rings (SSSR count). The Morgan fingerprint density at radius 2 is 2.28 bits per heavy atom. The molecule has 0 aromatic heterocycles. The van der Waals surface area contributed by atoms with Crippen LogP contribution in [0, 0.1) is 11.8 Å². The topological polar surface area (TPSA) is 84.9 Å². The van der Waals surface area contributed by atoms with Gasteiger partial charge in [0.15, 0.2) is 0 Å². The zero-order valence-corrected chi connectivity index (χ0v) is 10.1. The highest BCUT2D eigenvalue weighted by molar-refractivity contribution is 5.71. The van der Waals surface area contributed by atoms with E-state index in [0.717, 1.165) is 0 Å². The molecule has 2 aliphatic heterocycles. The van der Waals surface area contributed by atoms with Crippen molar-refractivity contribution in [2.75, 3.05) is 19.8 Å². The second kappa shape index (κ2) is 4.97. The van der Waals surface area contributed by atoms with E-state index < -0.39 is 18.0 Å². The molecule has 2 N–H and O–H groups in total. The van der Waals surface area contributed by atoms with E-state index >= 15 is 0 Å². The van der Waals surface area contributed by atoms with Crippen LogP contribution in [0.5, 0.6) is 0 Å². The Labute approximate surface area is 105 Å². The van der Waals surface area contributed by atoms with Crippen molar-refractivity contribution in [1.29, 1.82) is 0 Å². The third kappa shape index (κ3) is 2.48. The molecule has 1 amide bonds. The highest BCUT2D eigenvalue weighted by Crippen LogP contribution is 2.49. The van der Waals surface area contributed by atoms with Gasteiger partial charge in [-0.25, -0.2) is 4.79 Å². The minimum atomic E-state index is -0.799. The minimum absolute atomic E-state index is 0.169. The van der Waals surface area contributed by atoms with Crippen molar-refractivity contribution < 1.29 is 24.2 Å². The largest absolute Gasteiger partial charge is 0.481 e. The zero-order valence-electron chi connectivity index (χ0n) is 10.1. The molecule has 1 saturated carbocycles. The maximum Gasteiger partial charge on any atom is 0.407 e. The second-order valence-corrected chi connectivity index (χ2v) is 4.85. The number of carboxylic acids is 1. The molecular weight excluding hydrogens is 238 g/mol. The van der Waals surface area contributed by atoms with Crippen LogP contribution in [0.1, 0.15) is 12.8 Å². The summed E-state index contributed by atoms with van der Waals surface area (Å²) in [6.07, 6.45) is 2.36. The summed E-state index contributed by atoms with van der Waals surface area (Å²) in [6, 6.07) is 0. The first-order valence-electron chi connectivity index (χ1n) is 5.94. The maximum atomic E-state index is 11.2. The lowest BCUT2D eigenvalue weighted by Crippen LogP contribution is -2.61. The van der Waals surface area contributed by atoms with Crippen molar-refractivity contribution in [1.82, 2.24) is 5.32 Å². The summed E-state index contributed by atoms with van der Waals surface area (Å²) in [7, 11) is 0. The van der Waals surface area contributed by atoms with Crippen LogP contribution in [0.4, 0.5) is 4.79 Å². The van der Waals surface area contributed by atoms with E-state index in [-0.39, 0.29) is 24.7 Å². The van der Waals surface area contributed by atoms with Crippen molar-refractivity contribution in [2.24, 2.45) is 11.8 Å². The molecule has 1 aliphatic carbocycles. The Bertz CT molecular complexity index is 356. The first-order chi connectivity index (χ1) is 8.56. The van der Waals surface area contributed by atoms with Crippen LogP contribution < -0.4 is 5.32 Å². The van der Waals surface area contributed by atoms with E-state index in [1.54, 1.807) is 0 Å². The fourth-order valence-electron chi connectivity index (χ4n) is 2.59. The van der Waals surface area contributed by atoms with Crippen molar-refractivity contribution in [3.05, 3.63) is 12.7 Å². The number of carbonyl (C=O) groups excluding carboxylic acids is 1. The predicted molar refractivity (Wildman–Crippen MR) is 62.1 cm³/mol. The summed E-state index contributed by atoms with van der Waals surface area (Å²) in [5.74, 6) is -1.03. The molecule has 6 heteroatoms. The average Bonchev–Trinajstić information content (AvgIpc) is 2.32. The van der Waals surface area contributed by atoms with Crippen LogP contribution in [-0.2, 0) is 14.3 Å². The van der Waals surface area contributed by atoms with E-state index in [4.69, 9.17) is 14.6 Å². The van der Waals surface area contributed by atoms with Crippen molar-refractivity contribution in [2.45, 2.75) is 18.4 Å². The van der Waals surface area contributed by atoms with Gasteiger partial charge in [-0.15, -0.1) is 0 Å². The van der Waals surface area contributed by atoms with E-state index in [9.17, 15) is 9.59 Å². The Balaban J connectivity index is 1.75. The molecule has 6 nitrogen and oxygen atoms in total. The molecule has 2 saturated heterocycles. The first kappa shape index (κ1) is 12.9. The second-order valence-electron chi connectivity index (χ2n) is 4.85. The van der Waals surface area contributed by atoms with Gasteiger partial charge in [-0.05, 0) is 18.8 Å². The molecule has 0 radical (unpaired) electrons. The molecule has 0 aromatic carbocycles. The molecule has 0 aromatic rings. The fraction of sp³-hybridized carbons (Fsp3) is 0.667. The zero-order chi connectivity index (χ0) is 13.2. The van der Waals surface area contributed by atoms with Crippen LogP contribution in [0.25, 0.3) is 0 Å². The SMILES string of the molecule is C=CCOC(=O)NCC12CC(C1)C(C(=O)O)CO2. The number of rotatable bonds is 5. The van der Waals surface area contributed by atoms with Crippen LogP contribution >= 0.6 is 0 Å². The van der Waals surface area contributed by atoms with Crippen molar-refractivity contribution in [3.63, 3.8) is 0 Å². The highest BCUT2D eigenvalue weighted by Gasteiger charge is 2.54. The molecule has 2 heterocycles. The number of hydrogen-bond donors (Lipinski definition) is 2. The van der Waals surface area contributed by atoms with E-state index in [1.807, 2.05) is 0 Å². The molecule has 1 unspecified atom stereocenters. The molecule has 100 valence electrons. The number of alkyl carbamates (subject to hydrolysis) is 1. The number of hydrogen-bond acceptors (Lipinski definition) is 4. The summed E-state index contributed by atoms with van der Waals surface area (Å²) >= 11 is 0. The standard InChI is InChI=1S/C12H17NO5/c1-2-3-17-11(16)13-7-12-4-8(5-12)9(6-18-12)10(14)15/h2,8-9H,1,3-7H2,(H,13,16)(H,14,15). The third-order valence-corrected chi connectivity index (χ3v) is 3.61. The fourth-order valence-corrected chi connectivity index (χ4v) is 2.59. The average molecular weight is 255 g/mol. The van der Waals surface area contributed by atoms with Gasteiger partial charge in [-0.1, -0.05) is 12.7 Å². The summed E-state index contributed by atoms with van der Waals surface area (Å²) in [6.45, 7) is 4.21. The van der Waals surface area contributed by atoms with Crippen molar-refractivity contribution in [3.8, 4) is 0 Å². The predicted octanol–water partition coefficient (Wildman–Crippen LogP) is 0.778. The van der Waals surface area contributed by atoms with Crippen LogP contribution in [0.3, 0.4) is 0 Å². The molecule has 2 bridgehead atoms. The van der Waals surface area contributed by atoms with Crippen LogP contribution in [0.2, 0.25) is 0 Å². The summed E-state index contributed by atoms with van der Waals surface area (Å²) < 4.78 is 10.4. The van der Waals surface area contributed by atoms with E-state index in [0.29, 0.717) is 19.4 Å². The number of amides is 1. The Hall–Kier alpha value is -1.56. The minimum Gasteiger partial charge on any atom is -0.481 e. The van der Waals surface area contributed by atoms with E-state index in [2.05, 4.69) is 11.9 Å². The Morgan fingerprint density at radius 3 is 2.78 bits per heavy atom. The molecule has 1 atom stereocenters. The normalized spacial score (nSPS) is 33.1. The lowest BCUT2D eigenvalue weighted by atomic mass is 9.63. The van der Waals surface area contributed by atoms with Gasteiger partial charge in [0.1, 0.15) is 6.61 Å². The molecule has 0 spiro atoms. The van der Waals surface area contributed by atoms with Crippen LogP contribution in [-0.4, -0.2) is 42.5 Å². The number of nitrogens with one attached hydrogen (secondary N) is 1. The smallest absolute Gasteiger partial charge is 0.407 e. The van der Waals surface area contributed by atoms with Crippen molar-refractivity contribution >= 4 is 12.1 Å². The van der Waals surface area contributed by atoms with Gasteiger partial charge >= 0.3 is 12.1 Å². The monoisotopic (exact) mass is 255 g/mol. The summed E-state index contributed by atoms with van der Waals surface area (Å²) in [4.78, 5) is 22.1. The molecule has 3 aliphatic rings. The number of carboxylic acid groups (broad SMARTS) is 1. The van der Waals surface area contributed by atoms with Gasteiger partial charge in [0.2, 0.25) is 0 Å². The van der Waals surface area contributed by atoms with E-state index in [1.165, 1.54) is 6.08 Å². The lowest BCUT2D eigenvalue weighted by molar-refractivity contribution is -0.210. The number of fused-ring (bicyclic) bond motifs is 2. The molecular formula is C12H17NO5. The Kier molecular flexibility index (Phi) is 3.56. The van der Waals surface area contributed by atoms with Gasteiger partial charge in [0.05, 0.1) is 18.1 Å². The molecule has 3 fully saturated rings. The number of aliphatic carboxylic acids is 1. The highest BCUT2D eigenvalue weighted by atomic mass is 16.5. The van der Waals surface area contributed by atoms with Crippen LogP contribution in [0.15, 0.2) is 12.7 Å². The number of ether oxygens (including phenoxy) is 2. The van der Waals surface area contributed by atoms with Gasteiger partial charge in [0.25, 0.3) is 0 Å². The summed E-state index contributed by atoms with van der Waals surface area (Å²) in [5.41, 5.74) is -0.385. The number of carbonyl (C=O) groups is 2. The van der Waals surface area contributed by atoms with Gasteiger partial charge in [0, 0.05) is 6.54 Å². The third-order valence-electron chi connectivity index (χ3n) is 3.61. The van der Waals surface area contributed by atoms with Gasteiger partial charge < -0.3 is 19.9 Å². The Morgan fingerprint density at radius 1 is 1.56 bits per heavy atom. The summed E-state index contributed by atoms with van der Waals surface area (Å²) in [5, 5.41) is 11.6. The van der Waals surface area contributed by atoms with Gasteiger partial charge in [-0.3, -0.25) is 4.79 Å². The quantitative estimate of drug-likeness (QED) is 0.709.